The van der Waals surface area contributed by atoms with Crippen molar-refractivity contribution in [3.63, 3.8) is 0 Å². The van der Waals surface area contributed by atoms with Crippen LogP contribution in [0.5, 0.6) is 0 Å². The van der Waals surface area contributed by atoms with E-state index in [4.69, 9.17) is 0 Å². The lowest BCUT2D eigenvalue weighted by Crippen LogP contribution is -2.51. The number of likely N-dealkylation sites (N-methyl/N-ethyl adjacent to an activating group) is 1. The number of nitrogens with zero attached hydrogens (tertiary/aromatic N) is 2. The number of hydrogen-bond donors (Lipinski definition) is 2. The van der Waals surface area contributed by atoms with Crippen LogP contribution in [0.2, 0.25) is 0 Å². The van der Waals surface area contributed by atoms with Crippen molar-refractivity contribution in [2.75, 3.05) is 59.4 Å². The van der Waals surface area contributed by atoms with Crippen molar-refractivity contribution in [2.45, 2.75) is 12.5 Å². The van der Waals surface area contributed by atoms with Gasteiger partial charge < -0.3 is 20.4 Å². The summed E-state index contributed by atoms with van der Waals surface area (Å²) in [6.45, 7) is 9.60. The van der Waals surface area contributed by atoms with Gasteiger partial charge in [0.2, 0.25) is 0 Å². The maximum Gasteiger partial charge on any atom is 0.0207 e. The third kappa shape index (κ3) is 3.72. The second kappa shape index (κ2) is 5.80. The minimum absolute atomic E-state index is 0.707. The van der Waals surface area contributed by atoms with Crippen molar-refractivity contribution >= 4 is 0 Å². The van der Waals surface area contributed by atoms with Gasteiger partial charge in [0.05, 0.1) is 0 Å². The van der Waals surface area contributed by atoms with Crippen LogP contribution in [0.15, 0.2) is 0 Å². The van der Waals surface area contributed by atoms with Gasteiger partial charge >= 0.3 is 0 Å². The van der Waals surface area contributed by atoms with Gasteiger partial charge in [-0.3, -0.25) is 0 Å². The summed E-state index contributed by atoms with van der Waals surface area (Å²) in [6.07, 6.45) is 1.30. The van der Waals surface area contributed by atoms with Crippen LogP contribution in [-0.4, -0.2) is 75.2 Å². The molecule has 0 bridgehead atoms. The summed E-state index contributed by atoms with van der Waals surface area (Å²) in [5.41, 5.74) is 0. The Morgan fingerprint density at radius 2 is 1.93 bits per heavy atom. The van der Waals surface area contributed by atoms with E-state index in [1.807, 2.05) is 0 Å². The molecule has 1 unspecified atom stereocenters. The zero-order valence-electron chi connectivity index (χ0n) is 9.84. The lowest BCUT2D eigenvalue weighted by atomic mass is 10.1. The van der Waals surface area contributed by atoms with Crippen LogP contribution in [0.3, 0.4) is 0 Å². The first kappa shape index (κ1) is 11.3. The van der Waals surface area contributed by atoms with E-state index >= 15 is 0 Å². The maximum atomic E-state index is 3.61. The van der Waals surface area contributed by atoms with Crippen LogP contribution < -0.4 is 10.6 Å². The molecular formula is C11H24N4. The average Bonchev–Trinajstić information content (AvgIpc) is 2.28. The number of nitrogens with one attached hydrogen (secondary N) is 2. The highest BCUT2D eigenvalue weighted by molar-refractivity contribution is 4.78. The first-order valence-corrected chi connectivity index (χ1v) is 6.19. The first-order chi connectivity index (χ1) is 7.34. The zero-order valence-corrected chi connectivity index (χ0v) is 9.84. The summed E-state index contributed by atoms with van der Waals surface area (Å²) in [6, 6.07) is 0.707. The Hall–Kier alpha value is -0.160. The molecule has 4 heteroatoms. The number of hydrogen-bond acceptors (Lipinski definition) is 4. The molecule has 0 saturated carbocycles. The fourth-order valence-corrected chi connectivity index (χ4v) is 2.46. The number of piperazine rings is 2. The third-order valence-corrected chi connectivity index (χ3v) is 3.46. The molecule has 2 saturated heterocycles. The Kier molecular flexibility index (Phi) is 4.38. The highest BCUT2D eigenvalue weighted by Crippen LogP contribution is 2.03. The van der Waals surface area contributed by atoms with Gasteiger partial charge in [-0.2, -0.15) is 0 Å². The Labute approximate surface area is 93.0 Å². The van der Waals surface area contributed by atoms with Gasteiger partial charge in [-0.1, -0.05) is 0 Å². The largest absolute Gasteiger partial charge is 0.314 e. The SMILES string of the molecule is CN1CCNC(CCN2CCNCC2)C1. The first-order valence-electron chi connectivity index (χ1n) is 6.19. The molecule has 1 atom stereocenters. The summed E-state index contributed by atoms with van der Waals surface area (Å²) >= 11 is 0. The van der Waals surface area contributed by atoms with Gasteiger partial charge in [0, 0.05) is 51.9 Å². The molecule has 2 N–H and O–H groups in total. The molecule has 0 amide bonds. The van der Waals surface area contributed by atoms with Crippen molar-refractivity contribution in [1.29, 1.82) is 0 Å². The maximum absolute atomic E-state index is 3.61. The Morgan fingerprint density at radius 3 is 2.67 bits per heavy atom. The predicted molar refractivity (Wildman–Crippen MR) is 63.2 cm³/mol. The van der Waals surface area contributed by atoms with E-state index in [0.717, 1.165) is 19.6 Å². The topological polar surface area (TPSA) is 30.5 Å². The molecule has 2 aliphatic heterocycles. The predicted octanol–water partition coefficient (Wildman–Crippen LogP) is -0.815. The summed E-state index contributed by atoms with van der Waals surface area (Å²) in [7, 11) is 2.22. The zero-order chi connectivity index (χ0) is 10.5. The molecule has 2 fully saturated rings. The van der Waals surface area contributed by atoms with Crippen LogP contribution in [0.4, 0.5) is 0 Å². The van der Waals surface area contributed by atoms with E-state index in [9.17, 15) is 0 Å². The van der Waals surface area contributed by atoms with E-state index in [-0.39, 0.29) is 0 Å². The van der Waals surface area contributed by atoms with Crippen LogP contribution in [0.1, 0.15) is 6.42 Å². The van der Waals surface area contributed by atoms with Gasteiger partial charge in [0.1, 0.15) is 0 Å². The van der Waals surface area contributed by atoms with E-state index in [1.54, 1.807) is 0 Å². The summed E-state index contributed by atoms with van der Waals surface area (Å²) in [5.74, 6) is 0. The van der Waals surface area contributed by atoms with Gasteiger partial charge in [-0.25, -0.2) is 0 Å². The lowest BCUT2D eigenvalue weighted by Gasteiger charge is -2.33. The minimum Gasteiger partial charge on any atom is -0.314 e. The van der Waals surface area contributed by atoms with Crippen LogP contribution in [0.25, 0.3) is 0 Å². The van der Waals surface area contributed by atoms with Gasteiger partial charge in [0.25, 0.3) is 0 Å². The van der Waals surface area contributed by atoms with Crippen LogP contribution >= 0.6 is 0 Å². The van der Waals surface area contributed by atoms with Crippen LogP contribution in [-0.2, 0) is 0 Å². The quantitative estimate of drug-likeness (QED) is 0.640. The Balaban J connectivity index is 1.63. The normalized spacial score (nSPS) is 30.6. The fourth-order valence-electron chi connectivity index (χ4n) is 2.46. The summed E-state index contributed by atoms with van der Waals surface area (Å²) < 4.78 is 0. The van der Waals surface area contributed by atoms with Crippen molar-refractivity contribution in [3.05, 3.63) is 0 Å². The molecule has 2 aliphatic rings. The Bertz CT molecular complexity index is 179. The van der Waals surface area contributed by atoms with Gasteiger partial charge in [0.15, 0.2) is 0 Å². The molecule has 88 valence electrons. The second-order valence-corrected chi connectivity index (χ2v) is 4.79. The Morgan fingerprint density at radius 1 is 1.13 bits per heavy atom. The standard InChI is InChI=1S/C11H24N4/c1-14-7-5-13-11(10-14)2-6-15-8-3-12-4-9-15/h11-13H,2-10H2,1H3. The molecule has 15 heavy (non-hydrogen) atoms. The molecule has 0 aliphatic carbocycles. The second-order valence-electron chi connectivity index (χ2n) is 4.79. The monoisotopic (exact) mass is 212 g/mol. The molecule has 0 radical (unpaired) electrons. The van der Waals surface area contributed by atoms with Crippen molar-refractivity contribution < 1.29 is 0 Å². The highest BCUT2D eigenvalue weighted by Gasteiger charge is 2.17. The summed E-state index contributed by atoms with van der Waals surface area (Å²) in [5, 5.41) is 7.00. The van der Waals surface area contributed by atoms with Gasteiger partial charge in [-0.15, -0.1) is 0 Å². The van der Waals surface area contributed by atoms with E-state index < -0.39 is 0 Å². The lowest BCUT2D eigenvalue weighted by molar-refractivity contribution is 0.192. The average molecular weight is 212 g/mol. The van der Waals surface area contributed by atoms with E-state index in [2.05, 4.69) is 27.5 Å². The smallest absolute Gasteiger partial charge is 0.0207 e. The fraction of sp³-hybridized carbons (Fsp3) is 1.00. The van der Waals surface area contributed by atoms with Crippen molar-refractivity contribution in [2.24, 2.45) is 0 Å². The molecule has 0 aromatic heterocycles. The third-order valence-electron chi connectivity index (χ3n) is 3.46. The molecule has 0 aromatic carbocycles. The molecule has 2 rings (SSSR count). The molecular weight excluding hydrogens is 188 g/mol. The number of rotatable bonds is 3. The summed E-state index contributed by atoms with van der Waals surface area (Å²) in [4.78, 5) is 5.01. The highest BCUT2D eigenvalue weighted by atomic mass is 15.2. The van der Waals surface area contributed by atoms with Gasteiger partial charge in [-0.05, 0) is 20.0 Å². The molecule has 2 heterocycles. The molecule has 4 nitrogen and oxygen atoms in total. The van der Waals surface area contributed by atoms with E-state index in [1.165, 1.54) is 39.1 Å². The minimum atomic E-state index is 0.707. The molecule has 0 aromatic rings. The van der Waals surface area contributed by atoms with Crippen molar-refractivity contribution in [3.8, 4) is 0 Å². The molecule has 0 spiro atoms. The van der Waals surface area contributed by atoms with Crippen molar-refractivity contribution in [1.82, 2.24) is 20.4 Å². The van der Waals surface area contributed by atoms with Crippen LogP contribution in [0, 0.1) is 0 Å². The van der Waals surface area contributed by atoms with E-state index in [0.29, 0.717) is 6.04 Å².